The summed E-state index contributed by atoms with van der Waals surface area (Å²) in [6.07, 6.45) is -2.31. The number of nitrogens with zero attached hydrogens (tertiary/aromatic N) is 3. The molecule has 0 aromatic carbocycles. The van der Waals surface area contributed by atoms with E-state index >= 15 is 0 Å². The molecule has 130 valence electrons. The zero-order chi connectivity index (χ0) is 18.1. The molecule has 0 aliphatic rings. The van der Waals surface area contributed by atoms with E-state index in [1.54, 1.807) is 7.05 Å². The minimum Gasteiger partial charge on any atom is -0.389 e. The lowest BCUT2D eigenvalue weighted by molar-refractivity contribution is -0.138. The fourth-order valence-electron chi connectivity index (χ4n) is 2.01. The second-order valence-electron chi connectivity index (χ2n) is 4.80. The minimum atomic E-state index is -4.46. The fraction of sp³-hybridized carbons (Fsp3) is 0.286. The molecular formula is C14H15ClF3N5S. The monoisotopic (exact) mass is 377 g/mol. The molecule has 0 bridgehead atoms. The molecule has 0 unspecified atom stereocenters. The van der Waals surface area contributed by atoms with Gasteiger partial charge in [0.25, 0.3) is 0 Å². The van der Waals surface area contributed by atoms with E-state index in [2.05, 4.69) is 9.97 Å². The van der Waals surface area contributed by atoms with Crippen molar-refractivity contribution in [1.29, 1.82) is 0 Å². The molecule has 2 heterocycles. The smallest absolute Gasteiger partial charge is 0.389 e. The topological polar surface area (TPSA) is 82.8 Å². The van der Waals surface area contributed by atoms with Gasteiger partial charge < -0.3 is 16.0 Å². The number of hydrogen-bond acceptors (Lipinski definition) is 5. The number of hydrogen-bond donors (Lipinski definition) is 2. The second kappa shape index (κ2) is 6.94. The SMILES string of the molecule is CCSc1cc(C(F)(F)F)cnc1-c1nc(/C=C(\N)Cl)c(N)n1C. The molecule has 5 nitrogen and oxygen atoms in total. The Hall–Kier alpha value is -1.87. The van der Waals surface area contributed by atoms with Gasteiger partial charge in [-0.05, 0) is 11.8 Å². The molecule has 0 aliphatic carbocycles. The predicted molar refractivity (Wildman–Crippen MR) is 90.3 cm³/mol. The number of aromatic nitrogens is 3. The molecule has 2 aromatic heterocycles. The van der Waals surface area contributed by atoms with Gasteiger partial charge in [0.2, 0.25) is 0 Å². The van der Waals surface area contributed by atoms with E-state index in [1.807, 2.05) is 6.92 Å². The Balaban J connectivity index is 2.62. The first-order valence-corrected chi connectivity index (χ1v) is 8.16. The van der Waals surface area contributed by atoms with Crippen LogP contribution in [0.4, 0.5) is 19.0 Å². The van der Waals surface area contributed by atoms with Gasteiger partial charge in [-0.3, -0.25) is 4.98 Å². The number of anilines is 1. The van der Waals surface area contributed by atoms with Crippen molar-refractivity contribution in [2.75, 3.05) is 11.5 Å². The van der Waals surface area contributed by atoms with Crippen LogP contribution in [0, 0.1) is 0 Å². The summed E-state index contributed by atoms with van der Waals surface area (Å²) in [7, 11) is 1.64. The summed E-state index contributed by atoms with van der Waals surface area (Å²) in [5.41, 5.74) is 11.2. The molecule has 0 radical (unpaired) electrons. The van der Waals surface area contributed by atoms with Crippen molar-refractivity contribution in [3.63, 3.8) is 0 Å². The zero-order valence-electron chi connectivity index (χ0n) is 12.9. The van der Waals surface area contributed by atoms with Crippen LogP contribution in [-0.2, 0) is 13.2 Å². The van der Waals surface area contributed by atoms with Gasteiger partial charge >= 0.3 is 6.18 Å². The van der Waals surface area contributed by atoms with Gasteiger partial charge in [-0.25, -0.2) is 4.98 Å². The van der Waals surface area contributed by atoms with Crippen LogP contribution in [-0.4, -0.2) is 20.3 Å². The number of thioether (sulfide) groups is 1. The molecule has 0 aliphatic heterocycles. The van der Waals surface area contributed by atoms with Crippen molar-refractivity contribution in [3.8, 4) is 11.5 Å². The first kappa shape index (κ1) is 18.5. The molecule has 0 saturated heterocycles. The summed E-state index contributed by atoms with van der Waals surface area (Å²) >= 11 is 6.88. The van der Waals surface area contributed by atoms with Crippen LogP contribution in [0.25, 0.3) is 17.6 Å². The Morgan fingerprint density at radius 3 is 2.67 bits per heavy atom. The fourth-order valence-corrected chi connectivity index (χ4v) is 2.92. The van der Waals surface area contributed by atoms with Gasteiger partial charge in [0.15, 0.2) is 5.82 Å². The lowest BCUT2D eigenvalue weighted by Gasteiger charge is -2.12. The Labute approximate surface area is 145 Å². The molecular weight excluding hydrogens is 363 g/mol. The largest absolute Gasteiger partial charge is 0.417 e. The van der Waals surface area contributed by atoms with Gasteiger partial charge in [0.1, 0.15) is 22.4 Å². The van der Waals surface area contributed by atoms with E-state index in [-0.39, 0.29) is 11.0 Å². The number of imidazole rings is 1. The van der Waals surface area contributed by atoms with Crippen molar-refractivity contribution in [1.82, 2.24) is 14.5 Å². The molecule has 0 fully saturated rings. The normalized spacial score (nSPS) is 12.7. The number of nitrogens with two attached hydrogens (primary N) is 2. The Kier molecular flexibility index (Phi) is 5.34. The van der Waals surface area contributed by atoms with Gasteiger partial charge in [-0.1, -0.05) is 18.5 Å². The molecule has 2 rings (SSSR count). The highest BCUT2D eigenvalue weighted by Crippen LogP contribution is 2.36. The first-order chi connectivity index (χ1) is 11.1. The molecule has 0 atom stereocenters. The van der Waals surface area contributed by atoms with Gasteiger partial charge in [0, 0.05) is 24.2 Å². The van der Waals surface area contributed by atoms with Crippen LogP contribution < -0.4 is 11.5 Å². The lowest BCUT2D eigenvalue weighted by Crippen LogP contribution is -2.07. The summed E-state index contributed by atoms with van der Waals surface area (Å²) in [4.78, 5) is 8.63. The zero-order valence-corrected chi connectivity index (χ0v) is 14.4. The van der Waals surface area contributed by atoms with Crippen LogP contribution in [0.15, 0.2) is 22.3 Å². The van der Waals surface area contributed by atoms with Crippen LogP contribution in [0.3, 0.4) is 0 Å². The maximum atomic E-state index is 12.9. The van der Waals surface area contributed by atoms with Crippen molar-refractivity contribution in [3.05, 3.63) is 28.7 Å². The van der Waals surface area contributed by atoms with Gasteiger partial charge in [-0.2, -0.15) is 13.2 Å². The Bertz CT molecular complexity index is 781. The van der Waals surface area contributed by atoms with E-state index < -0.39 is 11.7 Å². The van der Waals surface area contributed by atoms with E-state index in [1.165, 1.54) is 22.4 Å². The summed E-state index contributed by atoms with van der Waals surface area (Å²) in [6, 6.07) is 1.06. The standard InChI is InChI=1S/C14H15ClF3N5S/c1-3-24-9-4-7(14(16,17)18)6-21-11(9)13-22-8(5-10(15)19)12(20)23(13)2/h4-6H,3,19-20H2,1-2H3/b10-5-. The van der Waals surface area contributed by atoms with Crippen molar-refractivity contribution in [2.45, 2.75) is 18.0 Å². The molecule has 0 saturated carbocycles. The number of alkyl halides is 3. The summed E-state index contributed by atoms with van der Waals surface area (Å²) in [5, 5.41) is -0.00474. The third kappa shape index (κ3) is 3.78. The molecule has 2 aromatic rings. The average Bonchev–Trinajstić information content (AvgIpc) is 2.74. The van der Waals surface area contributed by atoms with Crippen molar-refractivity contribution >= 4 is 35.3 Å². The van der Waals surface area contributed by atoms with Crippen molar-refractivity contribution < 1.29 is 13.2 Å². The molecule has 24 heavy (non-hydrogen) atoms. The molecule has 0 spiro atoms. The van der Waals surface area contributed by atoms with Gasteiger partial charge in [-0.15, -0.1) is 11.8 Å². The summed E-state index contributed by atoms with van der Waals surface area (Å²) < 4.78 is 40.2. The average molecular weight is 378 g/mol. The van der Waals surface area contributed by atoms with E-state index in [4.69, 9.17) is 23.1 Å². The lowest BCUT2D eigenvalue weighted by atomic mass is 10.2. The van der Waals surface area contributed by atoms with Gasteiger partial charge in [0.05, 0.1) is 5.56 Å². The Morgan fingerprint density at radius 2 is 2.12 bits per heavy atom. The van der Waals surface area contributed by atoms with Crippen molar-refractivity contribution in [2.24, 2.45) is 12.8 Å². The Morgan fingerprint density at radius 1 is 1.46 bits per heavy atom. The maximum absolute atomic E-state index is 12.9. The first-order valence-electron chi connectivity index (χ1n) is 6.80. The second-order valence-corrected chi connectivity index (χ2v) is 6.54. The third-order valence-electron chi connectivity index (χ3n) is 3.13. The highest BCUT2D eigenvalue weighted by molar-refractivity contribution is 7.99. The maximum Gasteiger partial charge on any atom is 0.417 e. The van der Waals surface area contributed by atoms with E-state index in [0.717, 1.165) is 12.3 Å². The van der Waals surface area contributed by atoms with E-state index in [9.17, 15) is 13.2 Å². The number of pyridine rings is 1. The number of nitrogen functional groups attached to an aromatic ring is 1. The molecule has 10 heteroatoms. The quantitative estimate of drug-likeness (QED) is 0.627. The molecule has 4 N–H and O–H groups in total. The number of halogens is 4. The van der Waals surface area contributed by atoms with Crippen LogP contribution in [0.2, 0.25) is 0 Å². The summed E-state index contributed by atoms with van der Waals surface area (Å²) in [5.74, 6) is 1.20. The highest BCUT2D eigenvalue weighted by atomic mass is 35.5. The summed E-state index contributed by atoms with van der Waals surface area (Å²) in [6.45, 7) is 1.84. The van der Waals surface area contributed by atoms with Crippen LogP contribution in [0.5, 0.6) is 0 Å². The molecule has 0 amide bonds. The predicted octanol–water partition coefficient (Wildman–Crippen LogP) is 3.69. The minimum absolute atomic E-state index is 0.00474. The van der Waals surface area contributed by atoms with Crippen LogP contribution in [0.1, 0.15) is 18.2 Å². The van der Waals surface area contributed by atoms with E-state index in [0.29, 0.717) is 27.9 Å². The highest BCUT2D eigenvalue weighted by Gasteiger charge is 2.32. The number of rotatable bonds is 4. The third-order valence-corrected chi connectivity index (χ3v) is 4.15. The van der Waals surface area contributed by atoms with Crippen LogP contribution >= 0.6 is 23.4 Å².